The van der Waals surface area contributed by atoms with Crippen LogP contribution < -0.4 is 0 Å². The molecular formula is C8H7BrF2O. The second-order valence-corrected chi connectivity index (χ2v) is 3.26. The Morgan fingerprint density at radius 1 is 1.42 bits per heavy atom. The van der Waals surface area contributed by atoms with Crippen LogP contribution in [0, 0.1) is 11.6 Å². The first-order valence-electron chi connectivity index (χ1n) is 3.35. The Balaban J connectivity index is 3.28. The van der Waals surface area contributed by atoms with E-state index in [9.17, 15) is 8.78 Å². The van der Waals surface area contributed by atoms with Gasteiger partial charge in [-0.05, 0) is 28.9 Å². The van der Waals surface area contributed by atoms with Crippen molar-refractivity contribution in [1.29, 1.82) is 0 Å². The van der Waals surface area contributed by atoms with E-state index in [1.54, 1.807) is 0 Å². The fourth-order valence-electron chi connectivity index (χ4n) is 0.880. The summed E-state index contributed by atoms with van der Waals surface area (Å²) in [5.74, 6) is -1.39. The standard InChI is InChI=1S/C8H7BrF2O/c1-4(12)6-2-5(10)3-7(11)8(6)9/h2-4,12H,1H3/t4-/m1/s1. The highest BCUT2D eigenvalue weighted by atomic mass is 79.9. The van der Waals surface area contributed by atoms with Crippen LogP contribution in [0.1, 0.15) is 18.6 Å². The average Bonchev–Trinajstić information content (AvgIpc) is 1.96. The van der Waals surface area contributed by atoms with Crippen molar-refractivity contribution in [3.63, 3.8) is 0 Å². The summed E-state index contributed by atoms with van der Waals surface area (Å²) in [7, 11) is 0. The van der Waals surface area contributed by atoms with Crippen LogP contribution in [0.15, 0.2) is 16.6 Å². The number of aliphatic hydroxyl groups excluding tert-OH is 1. The molecule has 0 spiro atoms. The van der Waals surface area contributed by atoms with Gasteiger partial charge in [0, 0.05) is 11.6 Å². The molecule has 0 aliphatic carbocycles. The van der Waals surface area contributed by atoms with Crippen LogP contribution in [0.4, 0.5) is 8.78 Å². The molecule has 1 nitrogen and oxygen atoms in total. The molecule has 1 N–H and O–H groups in total. The molecule has 12 heavy (non-hydrogen) atoms. The molecule has 1 rings (SSSR count). The Kier molecular flexibility index (Phi) is 2.80. The van der Waals surface area contributed by atoms with Crippen LogP contribution in [-0.4, -0.2) is 5.11 Å². The number of rotatable bonds is 1. The van der Waals surface area contributed by atoms with Crippen molar-refractivity contribution in [2.75, 3.05) is 0 Å². The van der Waals surface area contributed by atoms with Crippen molar-refractivity contribution in [3.8, 4) is 0 Å². The predicted octanol–water partition coefficient (Wildman–Crippen LogP) is 2.78. The second kappa shape index (κ2) is 3.49. The molecule has 0 fully saturated rings. The molecule has 1 aromatic carbocycles. The Morgan fingerprint density at radius 3 is 2.50 bits per heavy atom. The molecule has 0 saturated heterocycles. The smallest absolute Gasteiger partial charge is 0.140 e. The van der Waals surface area contributed by atoms with Gasteiger partial charge in [0.05, 0.1) is 10.6 Å². The number of hydrogen-bond donors (Lipinski definition) is 1. The summed E-state index contributed by atoms with van der Waals surface area (Å²) in [5, 5.41) is 9.09. The summed E-state index contributed by atoms with van der Waals surface area (Å²) in [6, 6.07) is 1.85. The zero-order valence-electron chi connectivity index (χ0n) is 6.31. The maximum Gasteiger partial charge on any atom is 0.140 e. The molecule has 66 valence electrons. The Morgan fingerprint density at radius 2 is 2.00 bits per heavy atom. The summed E-state index contributed by atoms with van der Waals surface area (Å²) in [5.41, 5.74) is 0.215. The van der Waals surface area contributed by atoms with E-state index in [1.807, 2.05) is 0 Å². The summed E-state index contributed by atoms with van der Waals surface area (Å²) in [6.07, 6.45) is -0.885. The first-order chi connectivity index (χ1) is 5.52. The molecule has 4 heteroatoms. The monoisotopic (exact) mass is 236 g/mol. The molecule has 1 atom stereocenters. The molecule has 0 aliphatic rings. The van der Waals surface area contributed by atoms with Crippen molar-refractivity contribution in [3.05, 3.63) is 33.8 Å². The van der Waals surface area contributed by atoms with Gasteiger partial charge < -0.3 is 5.11 Å². The van der Waals surface area contributed by atoms with E-state index in [0.717, 1.165) is 12.1 Å². The Bertz CT molecular complexity index is 299. The molecular weight excluding hydrogens is 230 g/mol. The highest BCUT2D eigenvalue weighted by Crippen LogP contribution is 2.26. The molecule has 0 aliphatic heterocycles. The third-order valence-corrected chi connectivity index (χ3v) is 2.31. The second-order valence-electron chi connectivity index (χ2n) is 2.47. The quantitative estimate of drug-likeness (QED) is 0.744. The summed E-state index contributed by atoms with van der Waals surface area (Å²) < 4.78 is 25.5. The molecule has 0 heterocycles. The minimum Gasteiger partial charge on any atom is -0.389 e. The lowest BCUT2D eigenvalue weighted by molar-refractivity contribution is 0.197. The maximum atomic E-state index is 12.8. The van der Waals surface area contributed by atoms with E-state index in [4.69, 9.17) is 5.11 Å². The van der Waals surface area contributed by atoms with E-state index < -0.39 is 17.7 Å². The van der Waals surface area contributed by atoms with E-state index in [2.05, 4.69) is 15.9 Å². The molecule has 0 aromatic heterocycles. The average molecular weight is 237 g/mol. The fourth-order valence-corrected chi connectivity index (χ4v) is 1.44. The van der Waals surface area contributed by atoms with Gasteiger partial charge in [-0.15, -0.1) is 0 Å². The third-order valence-electron chi connectivity index (χ3n) is 1.47. The van der Waals surface area contributed by atoms with Crippen LogP contribution in [0.25, 0.3) is 0 Å². The van der Waals surface area contributed by atoms with Gasteiger partial charge in [0.25, 0.3) is 0 Å². The number of aliphatic hydroxyl groups is 1. The molecule has 1 aromatic rings. The van der Waals surface area contributed by atoms with E-state index >= 15 is 0 Å². The van der Waals surface area contributed by atoms with Crippen molar-refractivity contribution in [2.24, 2.45) is 0 Å². The minimum atomic E-state index is -0.885. The molecule has 0 saturated carbocycles. The summed E-state index contributed by atoms with van der Waals surface area (Å²) >= 11 is 2.91. The number of hydrogen-bond acceptors (Lipinski definition) is 1. The van der Waals surface area contributed by atoms with Crippen molar-refractivity contribution in [1.82, 2.24) is 0 Å². The highest BCUT2D eigenvalue weighted by molar-refractivity contribution is 9.10. The lowest BCUT2D eigenvalue weighted by Crippen LogP contribution is -1.96. The van der Waals surface area contributed by atoms with Gasteiger partial charge >= 0.3 is 0 Å². The molecule has 0 bridgehead atoms. The first kappa shape index (κ1) is 9.61. The summed E-state index contributed by atoms with van der Waals surface area (Å²) in [4.78, 5) is 0. The van der Waals surface area contributed by atoms with Crippen LogP contribution in [0.2, 0.25) is 0 Å². The fraction of sp³-hybridized carbons (Fsp3) is 0.250. The van der Waals surface area contributed by atoms with Gasteiger partial charge in [-0.2, -0.15) is 0 Å². The Hall–Kier alpha value is -0.480. The Labute approximate surface area is 77.2 Å². The van der Waals surface area contributed by atoms with Crippen LogP contribution in [0.5, 0.6) is 0 Å². The van der Waals surface area contributed by atoms with E-state index in [-0.39, 0.29) is 10.0 Å². The lowest BCUT2D eigenvalue weighted by Gasteiger charge is -2.07. The maximum absolute atomic E-state index is 12.8. The SMILES string of the molecule is C[C@@H](O)c1cc(F)cc(F)c1Br. The minimum absolute atomic E-state index is 0.110. The van der Waals surface area contributed by atoms with Gasteiger partial charge in [-0.25, -0.2) is 8.78 Å². The van der Waals surface area contributed by atoms with Gasteiger partial charge in [-0.3, -0.25) is 0 Å². The molecule has 0 amide bonds. The largest absolute Gasteiger partial charge is 0.389 e. The van der Waals surface area contributed by atoms with Gasteiger partial charge in [0.15, 0.2) is 0 Å². The third kappa shape index (κ3) is 1.81. The zero-order chi connectivity index (χ0) is 9.30. The number of halogens is 3. The van der Waals surface area contributed by atoms with Crippen molar-refractivity contribution < 1.29 is 13.9 Å². The summed E-state index contributed by atoms with van der Waals surface area (Å²) in [6.45, 7) is 1.44. The van der Waals surface area contributed by atoms with E-state index in [1.165, 1.54) is 6.92 Å². The van der Waals surface area contributed by atoms with Crippen molar-refractivity contribution in [2.45, 2.75) is 13.0 Å². The predicted molar refractivity (Wildman–Crippen MR) is 44.7 cm³/mol. The van der Waals surface area contributed by atoms with Gasteiger partial charge in [-0.1, -0.05) is 0 Å². The topological polar surface area (TPSA) is 20.2 Å². The zero-order valence-corrected chi connectivity index (χ0v) is 7.90. The lowest BCUT2D eigenvalue weighted by atomic mass is 10.1. The van der Waals surface area contributed by atoms with Crippen LogP contribution >= 0.6 is 15.9 Å². The first-order valence-corrected chi connectivity index (χ1v) is 4.14. The van der Waals surface area contributed by atoms with E-state index in [0.29, 0.717) is 0 Å². The highest BCUT2D eigenvalue weighted by Gasteiger charge is 2.12. The molecule has 0 unspecified atom stereocenters. The normalized spacial score (nSPS) is 13.1. The molecule has 0 radical (unpaired) electrons. The van der Waals surface area contributed by atoms with Gasteiger partial charge in [0.1, 0.15) is 11.6 Å². The van der Waals surface area contributed by atoms with Gasteiger partial charge in [0.2, 0.25) is 0 Å². The van der Waals surface area contributed by atoms with Crippen LogP contribution in [-0.2, 0) is 0 Å². The van der Waals surface area contributed by atoms with Crippen molar-refractivity contribution >= 4 is 15.9 Å². The van der Waals surface area contributed by atoms with Crippen LogP contribution in [0.3, 0.4) is 0 Å². The number of benzene rings is 1.